The van der Waals surface area contributed by atoms with E-state index in [4.69, 9.17) is 4.74 Å². The molecule has 1 aromatic carbocycles. The van der Waals surface area contributed by atoms with Crippen molar-refractivity contribution < 1.29 is 18.3 Å². The van der Waals surface area contributed by atoms with Crippen LogP contribution in [-0.2, 0) is 10.2 Å². The van der Waals surface area contributed by atoms with Gasteiger partial charge in [0, 0.05) is 6.04 Å². The number of rotatable bonds is 5. The van der Waals surface area contributed by atoms with Crippen LogP contribution in [0.1, 0.15) is 12.8 Å². The molecular weight excluding hydrogens is 244 g/mol. The van der Waals surface area contributed by atoms with Gasteiger partial charge in [0.1, 0.15) is 17.2 Å². The quantitative estimate of drug-likeness (QED) is 0.682. The predicted octanol–water partition coefficient (Wildman–Crippen LogP) is 0.810. The third-order valence-electron chi connectivity index (χ3n) is 2.36. The molecule has 17 heavy (non-hydrogen) atoms. The molecule has 1 aliphatic rings. The van der Waals surface area contributed by atoms with Crippen LogP contribution < -0.4 is 14.2 Å². The Morgan fingerprint density at radius 3 is 2.71 bits per heavy atom. The number of phenols is 1. The highest BCUT2D eigenvalue weighted by Gasteiger charge is 2.27. The van der Waals surface area contributed by atoms with Crippen LogP contribution in [0.5, 0.6) is 11.5 Å². The van der Waals surface area contributed by atoms with E-state index < -0.39 is 10.2 Å². The van der Waals surface area contributed by atoms with E-state index in [1.807, 2.05) is 0 Å². The average Bonchev–Trinajstić information content (AvgIpc) is 3.04. The summed E-state index contributed by atoms with van der Waals surface area (Å²) in [6.07, 6.45) is 1.69. The molecule has 0 spiro atoms. The minimum absolute atomic E-state index is 0.00403. The van der Waals surface area contributed by atoms with Gasteiger partial charge in [0.15, 0.2) is 0 Å². The molecule has 0 aromatic heterocycles. The van der Waals surface area contributed by atoms with Crippen LogP contribution in [0, 0.1) is 0 Å². The third-order valence-corrected chi connectivity index (χ3v) is 3.48. The summed E-state index contributed by atoms with van der Waals surface area (Å²) in [5.41, 5.74) is 0.0446. The van der Waals surface area contributed by atoms with Crippen molar-refractivity contribution in [3.05, 3.63) is 18.2 Å². The number of nitrogens with one attached hydrogen (secondary N) is 2. The van der Waals surface area contributed by atoms with Crippen molar-refractivity contribution in [2.75, 3.05) is 11.8 Å². The molecule has 0 heterocycles. The first kappa shape index (κ1) is 12.0. The highest BCUT2D eigenvalue weighted by molar-refractivity contribution is 7.90. The summed E-state index contributed by atoms with van der Waals surface area (Å²) in [6.45, 7) is 0. The molecule has 6 nitrogen and oxygen atoms in total. The molecule has 0 saturated heterocycles. The predicted molar refractivity (Wildman–Crippen MR) is 63.4 cm³/mol. The largest absolute Gasteiger partial charge is 0.506 e. The maximum Gasteiger partial charge on any atom is 0.299 e. The van der Waals surface area contributed by atoms with Crippen LogP contribution in [0.4, 0.5) is 5.69 Å². The lowest BCUT2D eigenvalue weighted by Crippen LogP contribution is -2.31. The van der Waals surface area contributed by atoms with Crippen molar-refractivity contribution in [2.45, 2.75) is 18.9 Å². The van der Waals surface area contributed by atoms with Gasteiger partial charge in [-0.3, -0.25) is 4.72 Å². The Balaban J connectivity index is 2.22. The van der Waals surface area contributed by atoms with E-state index in [9.17, 15) is 13.5 Å². The van der Waals surface area contributed by atoms with Gasteiger partial charge >= 0.3 is 0 Å². The molecule has 94 valence electrons. The van der Waals surface area contributed by atoms with Crippen LogP contribution in [0.25, 0.3) is 0 Å². The zero-order chi connectivity index (χ0) is 12.5. The highest BCUT2D eigenvalue weighted by atomic mass is 32.2. The molecule has 3 N–H and O–H groups in total. The number of methoxy groups -OCH3 is 1. The fraction of sp³-hybridized carbons (Fsp3) is 0.400. The van der Waals surface area contributed by atoms with Gasteiger partial charge in [0.25, 0.3) is 10.2 Å². The van der Waals surface area contributed by atoms with Crippen LogP contribution >= 0.6 is 0 Å². The van der Waals surface area contributed by atoms with Crippen molar-refractivity contribution >= 4 is 15.9 Å². The second-order valence-corrected chi connectivity index (χ2v) is 5.30. The van der Waals surface area contributed by atoms with Crippen LogP contribution in [0.3, 0.4) is 0 Å². The molecule has 0 unspecified atom stereocenters. The first-order valence-corrected chi connectivity index (χ1v) is 6.66. The number of phenolic OH excluding ortho intramolecular Hbond substituents is 1. The summed E-state index contributed by atoms with van der Waals surface area (Å²) in [7, 11) is -2.26. The molecule has 2 rings (SSSR count). The number of aromatic hydroxyl groups is 1. The summed E-state index contributed by atoms with van der Waals surface area (Å²) in [6, 6.07) is 4.52. The molecule has 0 aliphatic heterocycles. The number of hydrogen-bond donors (Lipinski definition) is 3. The lowest BCUT2D eigenvalue weighted by Gasteiger charge is -2.13. The van der Waals surface area contributed by atoms with E-state index in [2.05, 4.69) is 9.44 Å². The highest BCUT2D eigenvalue weighted by Crippen LogP contribution is 2.34. The number of anilines is 1. The van der Waals surface area contributed by atoms with Crippen molar-refractivity contribution in [1.82, 2.24) is 4.72 Å². The van der Waals surface area contributed by atoms with Crippen LogP contribution in [-0.4, -0.2) is 26.7 Å². The Hall–Kier alpha value is -1.47. The van der Waals surface area contributed by atoms with Gasteiger partial charge in [-0.15, -0.1) is 0 Å². The maximum atomic E-state index is 11.7. The minimum atomic E-state index is -3.67. The van der Waals surface area contributed by atoms with Gasteiger partial charge < -0.3 is 9.84 Å². The monoisotopic (exact) mass is 258 g/mol. The Bertz CT molecular complexity index is 511. The van der Waals surface area contributed by atoms with E-state index in [1.54, 1.807) is 12.1 Å². The number of hydrogen-bond acceptors (Lipinski definition) is 4. The van der Waals surface area contributed by atoms with Crippen molar-refractivity contribution in [1.29, 1.82) is 0 Å². The molecule has 1 saturated carbocycles. The van der Waals surface area contributed by atoms with Gasteiger partial charge in [0.05, 0.1) is 7.11 Å². The molecule has 0 bridgehead atoms. The number of ether oxygens (including phenoxy) is 1. The molecule has 1 aromatic rings. The topological polar surface area (TPSA) is 87.7 Å². The van der Waals surface area contributed by atoms with E-state index in [0.717, 1.165) is 12.8 Å². The number of para-hydroxylation sites is 1. The van der Waals surface area contributed by atoms with Crippen molar-refractivity contribution in [3.8, 4) is 11.5 Å². The lowest BCUT2D eigenvalue weighted by molar-refractivity contribution is 0.411. The zero-order valence-electron chi connectivity index (χ0n) is 9.30. The normalized spacial score (nSPS) is 15.6. The Morgan fingerprint density at radius 2 is 2.12 bits per heavy atom. The second-order valence-electron chi connectivity index (χ2n) is 3.85. The fourth-order valence-corrected chi connectivity index (χ4v) is 2.58. The minimum Gasteiger partial charge on any atom is -0.506 e. The molecular formula is C10H14N2O4S. The van der Waals surface area contributed by atoms with Gasteiger partial charge in [0.2, 0.25) is 0 Å². The Labute approximate surface area is 99.8 Å². The standard InChI is InChI=1S/C10H14N2O4S/c1-16-9-4-2-3-8(13)10(9)12-17(14,15)11-7-5-6-7/h2-4,7,11-13H,5-6H2,1H3. The molecule has 7 heteroatoms. The summed E-state index contributed by atoms with van der Waals surface area (Å²) in [5, 5.41) is 9.60. The van der Waals surface area contributed by atoms with Gasteiger partial charge in [-0.2, -0.15) is 13.1 Å². The molecule has 0 atom stereocenters. The van der Waals surface area contributed by atoms with E-state index in [1.165, 1.54) is 13.2 Å². The number of benzene rings is 1. The fourth-order valence-electron chi connectivity index (χ4n) is 1.38. The van der Waals surface area contributed by atoms with Gasteiger partial charge in [-0.25, -0.2) is 0 Å². The zero-order valence-corrected chi connectivity index (χ0v) is 10.1. The maximum absolute atomic E-state index is 11.7. The first-order valence-electron chi connectivity index (χ1n) is 5.18. The Kier molecular flexibility index (Phi) is 3.12. The van der Waals surface area contributed by atoms with Crippen LogP contribution in [0.2, 0.25) is 0 Å². The molecule has 0 radical (unpaired) electrons. The first-order chi connectivity index (χ1) is 8.02. The van der Waals surface area contributed by atoms with Gasteiger partial charge in [-0.1, -0.05) is 6.07 Å². The van der Waals surface area contributed by atoms with E-state index in [-0.39, 0.29) is 23.2 Å². The van der Waals surface area contributed by atoms with Gasteiger partial charge in [-0.05, 0) is 25.0 Å². The molecule has 1 fully saturated rings. The molecule has 0 amide bonds. The van der Waals surface area contributed by atoms with E-state index in [0.29, 0.717) is 0 Å². The summed E-state index contributed by atoms with van der Waals surface area (Å²) >= 11 is 0. The van der Waals surface area contributed by atoms with Crippen molar-refractivity contribution in [3.63, 3.8) is 0 Å². The lowest BCUT2D eigenvalue weighted by atomic mass is 10.3. The smallest absolute Gasteiger partial charge is 0.299 e. The summed E-state index contributed by atoms with van der Waals surface area (Å²) in [5.74, 6) is 0.0942. The SMILES string of the molecule is COc1cccc(O)c1NS(=O)(=O)NC1CC1. The third kappa shape index (κ3) is 3.01. The summed E-state index contributed by atoms with van der Waals surface area (Å²) in [4.78, 5) is 0. The average molecular weight is 258 g/mol. The van der Waals surface area contributed by atoms with Crippen molar-refractivity contribution in [2.24, 2.45) is 0 Å². The molecule has 1 aliphatic carbocycles. The van der Waals surface area contributed by atoms with E-state index >= 15 is 0 Å². The Morgan fingerprint density at radius 1 is 1.41 bits per heavy atom. The second kappa shape index (κ2) is 4.42. The summed E-state index contributed by atoms with van der Waals surface area (Å²) < 4.78 is 33.1. The van der Waals surface area contributed by atoms with Crippen LogP contribution in [0.15, 0.2) is 18.2 Å².